The second-order valence-electron chi connectivity index (χ2n) is 7.57. The lowest BCUT2D eigenvalue weighted by Gasteiger charge is -2.31. The number of likely N-dealkylation sites (tertiary alicyclic amines) is 1. The molecule has 5 heteroatoms. The average molecular weight is 380 g/mol. The Bertz CT molecular complexity index is 834. The van der Waals surface area contributed by atoms with Crippen LogP contribution in [0.2, 0.25) is 0 Å². The van der Waals surface area contributed by atoms with Gasteiger partial charge >= 0.3 is 0 Å². The van der Waals surface area contributed by atoms with Crippen LogP contribution in [0.3, 0.4) is 0 Å². The van der Waals surface area contributed by atoms with Crippen LogP contribution in [-0.2, 0) is 4.79 Å². The fourth-order valence-corrected chi connectivity index (χ4v) is 3.84. The molecule has 3 rings (SSSR count). The summed E-state index contributed by atoms with van der Waals surface area (Å²) < 4.78 is 0. The molecule has 1 atom stereocenters. The maximum atomic E-state index is 12.7. The third-order valence-corrected chi connectivity index (χ3v) is 5.35. The predicted octanol–water partition coefficient (Wildman–Crippen LogP) is 2.98. The molecule has 0 radical (unpaired) electrons. The maximum Gasteiger partial charge on any atom is 0.251 e. The molecule has 1 saturated heterocycles. The number of piperidine rings is 1. The molecule has 0 aliphatic carbocycles. The highest BCUT2D eigenvalue weighted by atomic mass is 16.2. The van der Waals surface area contributed by atoms with Crippen LogP contribution >= 0.6 is 0 Å². The summed E-state index contributed by atoms with van der Waals surface area (Å²) in [6.07, 6.45) is 2.74. The van der Waals surface area contributed by atoms with Gasteiger partial charge in [-0.2, -0.15) is 0 Å². The van der Waals surface area contributed by atoms with Crippen molar-refractivity contribution >= 4 is 11.8 Å². The molecule has 0 saturated carbocycles. The van der Waals surface area contributed by atoms with E-state index in [9.17, 15) is 9.59 Å². The zero-order chi connectivity index (χ0) is 19.9. The van der Waals surface area contributed by atoms with Crippen molar-refractivity contribution in [1.82, 2.24) is 10.2 Å². The van der Waals surface area contributed by atoms with E-state index in [1.807, 2.05) is 36.4 Å². The van der Waals surface area contributed by atoms with Crippen molar-refractivity contribution in [3.05, 3.63) is 59.7 Å². The number of hydrogen-bond acceptors (Lipinski definition) is 3. The molecule has 2 amide bonds. The van der Waals surface area contributed by atoms with E-state index < -0.39 is 0 Å². The van der Waals surface area contributed by atoms with Crippen molar-refractivity contribution in [2.45, 2.75) is 26.2 Å². The molecule has 0 spiro atoms. The van der Waals surface area contributed by atoms with Gasteiger partial charge in [-0.3, -0.25) is 9.59 Å². The molecule has 3 N–H and O–H groups in total. The molecule has 0 aromatic heterocycles. The number of hydrogen-bond donors (Lipinski definition) is 2. The molecule has 0 unspecified atom stereocenters. The second-order valence-corrected chi connectivity index (χ2v) is 7.57. The largest absolute Gasteiger partial charge is 0.369 e. The molecule has 28 heavy (non-hydrogen) atoms. The molecule has 1 aliphatic rings. The molecule has 2 aromatic carbocycles. The number of nitrogens with two attached hydrogens (primary N) is 1. The lowest BCUT2D eigenvalue weighted by atomic mass is 9.97. The topological polar surface area (TPSA) is 75.4 Å². The first-order valence-corrected chi connectivity index (χ1v) is 10.0. The summed E-state index contributed by atoms with van der Waals surface area (Å²) in [5.41, 5.74) is 9.30. The Hall–Kier alpha value is -2.66. The Labute approximate surface area is 166 Å². The van der Waals surface area contributed by atoms with E-state index in [1.165, 1.54) is 5.56 Å². The van der Waals surface area contributed by atoms with Gasteiger partial charge in [-0.05, 0) is 56.5 Å². The van der Waals surface area contributed by atoms with Crippen LogP contribution in [0.5, 0.6) is 0 Å². The second kappa shape index (κ2) is 9.51. The van der Waals surface area contributed by atoms with Crippen molar-refractivity contribution in [2.75, 3.05) is 26.2 Å². The number of carbonyl (C=O) groups excluding carboxylic acids is 2. The number of nitrogens with zero attached hydrogens (tertiary/aromatic N) is 1. The standard InChI is InChI=1S/C23H29N3O2/c1-17-7-4-8-18(15-17)20-10-2-3-11-21(20)23(28)25-12-6-14-26-13-5-9-19(16-26)22(24)27/h2-4,7-8,10-11,15,19H,5-6,9,12-14,16H2,1H3,(H2,24,27)(H,25,28)/t19-/m0/s1. The van der Waals surface area contributed by atoms with Crippen LogP contribution in [0, 0.1) is 12.8 Å². The van der Waals surface area contributed by atoms with Crippen LogP contribution in [0.4, 0.5) is 0 Å². The Morgan fingerprint density at radius 3 is 2.79 bits per heavy atom. The first-order chi connectivity index (χ1) is 13.5. The number of benzene rings is 2. The Morgan fingerprint density at radius 2 is 2.00 bits per heavy atom. The van der Waals surface area contributed by atoms with Crippen LogP contribution < -0.4 is 11.1 Å². The van der Waals surface area contributed by atoms with Crippen molar-refractivity contribution in [2.24, 2.45) is 11.7 Å². The monoisotopic (exact) mass is 379 g/mol. The summed E-state index contributed by atoms with van der Waals surface area (Å²) in [7, 11) is 0. The molecule has 0 bridgehead atoms. The van der Waals surface area contributed by atoms with Crippen LogP contribution in [0.25, 0.3) is 11.1 Å². The van der Waals surface area contributed by atoms with Gasteiger partial charge in [0, 0.05) is 18.7 Å². The molecule has 148 valence electrons. The van der Waals surface area contributed by atoms with Gasteiger partial charge in [0.05, 0.1) is 5.92 Å². The number of nitrogens with one attached hydrogen (secondary N) is 1. The van der Waals surface area contributed by atoms with E-state index >= 15 is 0 Å². The summed E-state index contributed by atoms with van der Waals surface area (Å²) in [6, 6.07) is 15.9. The number of carbonyl (C=O) groups is 2. The van der Waals surface area contributed by atoms with E-state index in [1.54, 1.807) is 0 Å². The number of primary amides is 1. The van der Waals surface area contributed by atoms with Gasteiger partial charge in [-0.25, -0.2) is 0 Å². The van der Waals surface area contributed by atoms with Gasteiger partial charge in [0.2, 0.25) is 5.91 Å². The van der Waals surface area contributed by atoms with Crippen molar-refractivity contribution in [3.63, 3.8) is 0 Å². The van der Waals surface area contributed by atoms with Gasteiger partial charge in [0.15, 0.2) is 0 Å². The third kappa shape index (κ3) is 5.20. The highest BCUT2D eigenvalue weighted by Gasteiger charge is 2.23. The summed E-state index contributed by atoms with van der Waals surface area (Å²) in [5, 5.41) is 3.04. The summed E-state index contributed by atoms with van der Waals surface area (Å²) in [5.74, 6) is -0.291. The lowest BCUT2D eigenvalue weighted by molar-refractivity contribution is -0.123. The van der Waals surface area contributed by atoms with Gasteiger partial charge in [0.1, 0.15) is 0 Å². The molecule has 1 heterocycles. The van der Waals surface area contributed by atoms with Gasteiger partial charge in [-0.15, -0.1) is 0 Å². The van der Waals surface area contributed by atoms with E-state index in [4.69, 9.17) is 5.73 Å². The fourth-order valence-electron chi connectivity index (χ4n) is 3.84. The van der Waals surface area contributed by atoms with Gasteiger partial charge in [0.25, 0.3) is 5.91 Å². The highest BCUT2D eigenvalue weighted by Crippen LogP contribution is 2.24. The molecular formula is C23H29N3O2. The van der Waals surface area contributed by atoms with Crippen LogP contribution in [-0.4, -0.2) is 42.9 Å². The normalized spacial score (nSPS) is 17.2. The smallest absolute Gasteiger partial charge is 0.251 e. The zero-order valence-electron chi connectivity index (χ0n) is 16.5. The van der Waals surface area contributed by atoms with Crippen molar-refractivity contribution in [1.29, 1.82) is 0 Å². The first kappa shape index (κ1) is 20.1. The lowest BCUT2D eigenvalue weighted by Crippen LogP contribution is -2.42. The number of amides is 2. The van der Waals surface area contributed by atoms with Crippen molar-refractivity contribution in [3.8, 4) is 11.1 Å². The van der Waals surface area contributed by atoms with Gasteiger partial charge < -0.3 is 16.0 Å². The molecular weight excluding hydrogens is 350 g/mol. The highest BCUT2D eigenvalue weighted by molar-refractivity contribution is 6.00. The van der Waals surface area contributed by atoms with Crippen molar-refractivity contribution < 1.29 is 9.59 Å². The van der Waals surface area contributed by atoms with Crippen LogP contribution in [0.15, 0.2) is 48.5 Å². The quantitative estimate of drug-likeness (QED) is 0.726. The first-order valence-electron chi connectivity index (χ1n) is 10.0. The Balaban J connectivity index is 1.54. The maximum absolute atomic E-state index is 12.7. The van der Waals surface area contributed by atoms with E-state index in [0.29, 0.717) is 12.1 Å². The Morgan fingerprint density at radius 1 is 1.18 bits per heavy atom. The SMILES string of the molecule is Cc1cccc(-c2ccccc2C(=O)NCCCN2CCC[C@H](C(N)=O)C2)c1. The minimum absolute atomic E-state index is 0.0375. The third-order valence-electron chi connectivity index (χ3n) is 5.35. The molecule has 1 fully saturated rings. The summed E-state index contributed by atoms with van der Waals surface area (Å²) in [4.78, 5) is 26.4. The molecule has 1 aliphatic heterocycles. The summed E-state index contributed by atoms with van der Waals surface area (Å²) in [6.45, 7) is 5.26. The minimum Gasteiger partial charge on any atom is -0.369 e. The number of rotatable bonds is 7. The number of aryl methyl sites for hydroxylation is 1. The summed E-state index contributed by atoms with van der Waals surface area (Å²) >= 11 is 0. The fraction of sp³-hybridized carbons (Fsp3) is 0.391. The molecule has 2 aromatic rings. The van der Waals surface area contributed by atoms with E-state index in [-0.39, 0.29) is 17.7 Å². The molecule has 5 nitrogen and oxygen atoms in total. The average Bonchev–Trinajstić information content (AvgIpc) is 2.71. The van der Waals surface area contributed by atoms with Gasteiger partial charge in [-0.1, -0.05) is 48.0 Å². The zero-order valence-corrected chi connectivity index (χ0v) is 16.5. The Kier molecular flexibility index (Phi) is 6.82. The minimum atomic E-state index is -0.203. The van der Waals surface area contributed by atoms with Crippen LogP contribution in [0.1, 0.15) is 35.2 Å². The van der Waals surface area contributed by atoms with E-state index in [2.05, 4.69) is 29.3 Å². The predicted molar refractivity (Wildman–Crippen MR) is 112 cm³/mol. The van der Waals surface area contributed by atoms with E-state index in [0.717, 1.165) is 50.0 Å².